The molecule has 0 aromatic heterocycles. The van der Waals surface area contributed by atoms with Crippen LogP contribution in [-0.2, 0) is 0 Å². The largest absolute Gasteiger partial charge is 0.416 e. The molecule has 0 aliphatic rings. The van der Waals surface area contributed by atoms with Crippen LogP contribution < -0.4 is 0 Å². The number of rotatable bonds is 0. The summed E-state index contributed by atoms with van der Waals surface area (Å²) in [5.41, 5.74) is 0. The Morgan fingerprint density at radius 1 is 0.889 bits per heavy atom. The summed E-state index contributed by atoms with van der Waals surface area (Å²) in [6.07, 6.45) is -4.62. The average Bonchev–Trinajstić information content (AvgIpc) is 1.67. The SMILES string of the molecule is FCC(F)(F)F.FCF. The second-order valence-corrected chi connectivity index (χ2v) is 0.850. The van der Waals surface area contributed by atoms with Gasteiger partial charge in [-0.2, -0.15) is 13.2 Å². The Labute approximate surface area is 47.5 Å². The lowest BCUT2D eigenvalue weighted by Crippen LogP contribution is -2.08. The van der Waals surface area contributed by atoms with Gasteiger partial charge in [-0.1, -0.05) is 0 Å². The van der Waals surface area contributed by atoms with Crippen LogP contribution in [0, 0.1) is 0 Å². The van der Waals surface area contributed by atoms with E-state index in [1.807, 2.05) is 0 Å². The lowest BCUT2D eigenvalue weighted by molar-refractivity contribution is -0.142. The van der Waals surface area contributed by atoms with Crippen LogP contribution in [0.25, 0.3) is 0 Å². The number of alkyl halides is 6. The summed E-state index contributed by atoms with van der Waals surface area (Å²) in [5, 5.41) is 0. The van der Waals surface area contributed by atoms with E-state index in [4.69, 9.17) is 0 Å². The molecule has 0 nitrogen and oxygen atoms in total. The molecule has 0 aliphatic heterocycles. The van der Waals surface area contributed by atoms with Crippen LogP contribution in [0.1, 0.15) is 0 Å². The molecule has 0 fully saturated rings. The predicted octanol–water partition coefficient (Wildman–Crippen LogP) is 2.40. The summed E-state index contributed by atoms with van der Waals surface area (Å²) in [4.78, 5) is 0. The minimum absolute atomic E-state index is 1.75. The Morgan fingerprint density at radius 3 is 1.00 bits per heavy atom. The normalized spacial score (nSPS) is 10.0. The van der Waals surface area contributed by atoms with Crippen molar-refractivity contribution in [3.63, 3.8) is 0 Å². The van der Waals surface area contributed by atoms with E-state index in [9.17, 15) is 26.3 Å². The molecule has 0 aromatic rings. The fraction of sp³-hybridized carbons (Fsp3) is 1.00. The summed E-state index contributed by atoms with van der Waals surface area (Å²) in [6, 6.07) is 0. The highest BCUT2D eigenvalue weighted by Crippen LogP contribution is 2.13. The van der Waals surface area contributed by atoms with Crippen molar-refractivity contribution in [1.82, 2.24) is 0 Å². The van der Waals surface area contributed by atoms with Crippen molar-refractivity contribution in [3.8, 4) is 0 Å². The van der Waals surface area contributed by atoms with E-state index in [2.05, 4.69) is 0 Å². The van der Waals surface area contributed by atoms with Gasteiger partial charge in [0.2, 0.25) is 6.93 Å². The fourth-order valence-corrected chi connectivity index (χ4v) is 0. The van der Waals surface area contributed by atoms with Crippen LogP contribution >= 0.6 is 0 Å². The summed E-state index contributed by atoms with van der Waals surface area (Å²) >= 11 is 0. The topological polar surface area (TPSA) is 0 Å². The van der Waals surface area contributed by atoms with Gasteiger partial charge in [0.05, 0.1) is 0 Å². The Bertz CT molecular complexity index is 46.8. The first-order valence-corrected chi connectivity index (χ1v) is 1.72. The van der Waals surface area contributed by atoms with E-state index in [1.54, 1.807) is 0 Å². The smallest absolute Gasteiger partial charge is 0.241 e. The van der Waals surface area contributed by atoms with Crippen LogP contribution in [-0.4, -0.2) is 19.8 Å². The van der Waals surface area contributed by atoms with Crippen LogP contribution in [0.5, 0.6) is 0 Å². The van der Waals surface area contributed by atoms with Crippen LogP contribution in [0.2, 0.25) is 0 Å². The third kappa shape index (κ3) is 35.5. The Kier molecular flexibility index (Phi) is 7.23. The van der Waals surface area contributed by atoms with Gasteiger partial charge in [0.25, 0.3) is 0 Å². The third-order valence-electron chi connectivity index (χ3n) is 0.152. The molecule has 0 heterocycles. The van der Waals surface area contributed by atoms with E-state index in [0.717, 1.165) is 0 Å². The van der Waals surface area contributed by atoms with E-state index < -0.39 is 19.8 Å². The molecule has 0 spiro atoms. The molecular weight excluding hydrogens is 150 g/mol. The predicted molar refractivity (Wildman–Crippen MR) is 19.1 cm³/mol. The maximum absolute atomic E-state index is 10.4. The highest BCUT2D eigenvalue weighted by Gasteiger charge is 2.26. The molecule has 9 heavy (non-hydrogen) atoms. The van der Waals surface area contributed by atoms with Gasteiger partial charge in [-0.3, -0.25) is 0 Å². The summed E-state index contributed by atoms with van der Waals surface area (Å²) < 4.78 is 60.9. The lowest BCUT2D eigenvalue weighted by Gasteiger charge is -1.93. The van der Waals surface area contributed by atoms with Crippen molar-refractivity contribution >= 4 is 0 Å². The Balaban J connectivity index is 0. The first-order valence-electron chi connectivity index (χ1n) is 1.72. The van der Waals surface area contributed by atoms with Crippen LogP contribution in [0.3, 0.4) is 0 Å². The number of halogens is 6. The maximum Gasteiger partial charge on any atom is 0.416 e. The van der Waals surface area contributed by atoms with Gasteiger partial charge >= 0.3 is 6.18 Å². The highest BCUT2D eigenvalue weighted by molar-refractivity contribution is 4.39. The second-order valence-electron chi connectivity index (χ2n) is 0.850. The molecule has 0 aliphatic carbocycles. The van der Waals surface area contributed by atoms with E-state index in [-0.39, 0.29) is 0 Å². The van der Waals surface area contributed by atoms with Crippen molar-refractivity contribution in [1.29, 1.82) is 0 Å². The molecule has 58 valence electrons. The fourth-order valence-electron chi connectivity index (χ4n) is 0. The highest BCUT2D eigenvalue weighted by atomic mass is 19.4. The molecule has 0 rings (SSSR count). The van der Waals surface area contributed by atoms with Crippen molar-refractivity contribution in [2.75, 3.05) is 13.6 Å². The van der Waals surface area contributed by atoms with Crippen molar-refractivity contribution in [2.45, 2.75) is 6.18 Å². The van der Waals surface area contributed by atoms with Gasteiger partial charge in [0, 0.05) is 0 Å². The van der Waals surface area contributed by atoms with Gasteiger partial charge < -0.3 is 0 Å². The van der Waals surface area contributed by atoms with Gasteiger partial charge in [0.15, 0.2) is 6.67 Å². The zero-order valence-electron chi connectivity index (χ0n) is 4.18. The summed E-state index contributed by atoms with van der Waals surface area (Å²) in [7, 11) is 0. The van der Waals surface area contributed by atoms with Crippen molar-refractivity contribution in [3.05, 3.63) is 0 Å². The zero-order valence-corrected chi connectivity index (χ0v) is 4.18. The van der Waals surface area contributed by atoms with E-state index >= 15 is 0 Å². The number of hydrogen-bond acceptors (Lipinski definition) is 0. The minimum atomic E-state index is -4.62. The lowest BCUT2D eigenvalue weighted by atomic mass is 10.8. The molecule has 0 radical (unpaired) electrons. The molecule has 0 amide bonds. The molecule has 0 bridgehead atoms. The Morgan fingerprint density at radius 2 is 1.00 bits per heavy atom. The monoisotopic (exact) mass is 154 g/mol. The van der Waals surface area contributed by atoms with Gasteiger partial charge in [-0.05, 0) is 0 Å². The summed E-state index contributed by atoms with van der Waals surface area (Å²) in [6.45, 7) is -3.98. The average molecular weight is 154 g/mol. The Hall–Kier alpha value is -0.420. The summed E-state index contributed by atoms with van der Waals surface area (Å²) in [5.74, 6) is 0. The molecule has 0 atom stereocenters. The molecular formula is C3H4F6. The van der Waals surface area contributed by atoms with Crippen LogP contribution in [0.15, 0.2) is 0 Å². The van der Waals surface area contributed by atoms with Gasteiger partial charge in [-0.15, -0.1) is 0 Å². The molecule has 0 saturated heterocycles. The van der Waals surface area contributed by atoms with Crippen molar-refractivity contribution in [2.24, 2.45) is 0 Å². The van der Waals surface area contributed by atoms with Crippen LogP contribution in [0.4, 0.5) is 26.3 Å². The first kappa shape index (κ1) is 11.4. The molecule has 0 N–H and O–H groups in total. The van der Waals surface area contributed by atoms with E-state index in [1.165, 1.54) is 0 Å². The minimum Gasteiger partial charge on any atom is -0.241 e. The third-order valence-corrected chi connectivity index (χ3v) is 0.152. The first-order chi connectivity index (χ1) is 3.97. The number of hydrogen-bond donors (Lipinski definition) is 0. The molecule has 6 heteroatoms. The molecule has 0 saturated carbocycles. The molecule has 0 aromatic carbocycles. The zero-order chi connectivity index (χ0) is 7.91. The molecule has 0 unspecified atom stereocenters. The quantitative estimate of drug-likeness (QED) is 0.470. The second kappa shape index (κ2) is 5.71. The maximum atomic E-state index is 10.4. The standard InChI is InChI=1S/C2H2F4.CH2F2/c3-1-2(4,5)6;2-1-3/h1H2;1H2. The van der Waals surface area contributed by atoms with Gasteiger partial charge in [0.1, 0.15) is 0 Å². The van der Waals surface area contributed by atoms with Crippen molar-refractivity contribution < 1.29 is 26.3 Å². The van der Waals surface area contributed by atoms with E-state index in [0.29, 0.717) is 0 Å². The van der Waals surface area contributed by atoms with Gasteiger partial charge in [-0.25, -0.2) is 13.2 Å².